The molecule has 0 spiro atoms. The van der Waals surface area contributed by atoms with Gasteiger partial charge in [-0.05, 0) is 16.7 Å². The fourth-order valence-corrected chi connectivity index (χ4v) is 2.54. The molecule has 2 aromatic heterocycles. The van der Waals surface area contributed by atoms with Gasteiger partial charge < -0.3 is 10.2 Å². The van der Waals surface area contributed by atoms with Crippen molar-refractivity contribution >= 4 is 23.2 Å². The minimum absolute atomic E-state index is 0.00828. The molecule has 2 aromatic rings. The molecule has 3 rings (SSSR count). The highest BCUT2D eigenvalue weighted by atomic mass is 32.1. The van der Waals surface area contributed by atoms with E-state index in [1.165, 1.54) is 21.0 Å². The number of aromatic nitrogens is 4. The minimum atomic E-state index is -0.185. The van der Waals surface area contributed by atoms with Crippen LogP contribution >= 0.6 is 11.3 Å². The topological polar surface area (TPSA) is 93.0 Å². The molecule has 9 heteroatoms. The highest BCUT2D eigenvalue weighted by Gasteiger charge is 2.22. The first kappa shape index (κ1) is 12.7. The van der Waals surface area contributed by atoms with Gasteiger partial charge in [-0.2, -0.15) is 4.80 Å². The van der Waals surface area contributed by atoms with Gasteiger partial charge in [-0.25, -0.2) is 0 Å². The first-order valence-electron chi connectivity index (χ1n) is 6.08. The summed E-state index contributed by atoms with van der Waals surface area (Å²) in [5.41, 5.74) is 0. The van der Waals surface area contributed by atoms with Gasteiger partial charge in [0, 0.05) is 13.1 Å². The Morgan fingerprint density at radius 3 is 3.15 bits per heavy atom. The van der Waals surface area contributed by atoms with E-state index in [1.807, 2.05) is 17.5 Å². The second-order valence-electron chi connectivity index (χ2n) is 4.29. The molecule has 104 valence electrons. The Kier molecular flexibility index (Phi) is 3.42. The predicted molar refractivity (Wildman–Crippen MR) is 70.7 cm³/mol. The molecule has 2 amide bonds. The first-order valence-corrected chi connectivity index (χ1v) is 6.96. The molecule has 8 nitrogen and oxygen atoms in total. The minimum Gasteiger partial charge on any atom is -0.353 e. The van der Waals surface area contributed by atoms with Crippen LogP contribution in [0.2, 0.25) is 0 Å². The van der Waals surface area contributed by atoms with Gasteiger partial charge in [-0.15, -0.1) is 21.5 Å². The Bertz CT molecular complexity index is 623. The zero-order valence-electron chi connectivity index (χ0n) is 10.5. The van der Waals surface area contributed by atoms with Gasteiger partial charge in [-0.1, -0.05) is 6.07 Å². The van der Waals surface area contributed by atoms with E-state index in [2.05, 4.69) is 20.7 Å². The third-order valence-electron chi connectivity index (χ3n) is 2.86. The first-order chi connectivity index (χ1) is 9.72. The number of tetrazole rings is 1. The average molecular weight is 292 g/mol. The monoisotopic (exact) mass is 292 g/mol. The molecule has 1 N–H and O–H groups in total. The van der Waals surface area contributed by atoms with Crippen molar-refractivity contribution in [2.24, 2.45) is 0 Å². The van der Waals surface area contributed by atoms with E-state index < -0.39 is 0 Å². The number of rotatable bonds is 3. The maximum Gasteiger partial charge on any atom is 0.246 e. The number of piperazine rings is 1. The van der Waals surface area contributed by atoms with E-state index in [0.717, 1.165) is 4.88 Å². The quantitative estimate of drug-likeness (QED) is 0.812. The number of carbonyl (C=O) groups excluding carboxylic acids is 2. The van der Waals surface area contributed by atoms with Gasteiger partial charge in [0.2, 0.25) is 17.6 Å². The standard InChI is InChI=1S/C11H12N6O2S/c18-9-6-16(4-3-12-9)10(19)7-17-14-11(13-15-17)8-2-1-5-20-8/h1-2,5H,3-4,6-7H2,(H,12,18). The predicted octanol–water partition coefficient (Wildman–Crippen LogP) is -0.640. The number of amides is 2. The van der Waals surface area contributed by atoms with Crippen molar-refractivity contribution < 1.29 is 9.59 Å². The number of hydrogen-bond donors (Lipinski definition) is 1. The van der Waals surface area contributed by atoms with Gasteiger partial charge in [0.05, 0.1) is 11.4 Å². The number of carbonyl (C=O) groups is 2. The lowest BCUT2D eigenvalue weighted by atomic mass is 10.3. The van der Waals surface area contributed by atoms with E-state index in [0.29, 0.717) is 18.9 Å². The van der Waals surface area contributed by atoms with Crippen molar-refractivity contribution in [3.63, 3.8) is 0 Å². The normalized spacial score (nSPS) is 15.2. The van der Waals surface area contributed by atoms with Crippen LogP contribution in [0.5, 0.6) is 0 Å². The lowest BCUT2D eigenvalue weighted by Gasteiger charge is -2.26. The Balaban J connectivity index is 1.66. The smallest absolute Gasteiger partial charge is 0.246 e. The molecule has 0 radical (unpaired) electrons. The average Bonchev–Trinajstić information content (AvgIpc) is 3.08. The fourth-order valence-electron chi connectivity index (χ4n) is 1.89. The molecule has 20 heavy (non-hydrogen) atoms. The second-order valence-corrected chi connectivity index (χ2v) is 5.23. The maximum atomic E-state index is 12.0. The van der Waals surface area contributed by atoms with Crippen molar-refractivity contribution in [1.29, 1.82) is 0 Å². The third kappa shape index (κ3) is 2.67. The van der Waals surface area contributed by atoms with Crippen LogP contribution in [0.3, 0.4) is 0 Å². The summed E-state index contributed by atoms with van der Waals surface area (Å²) in [6.45, 7) is 1.07. The van der Waals surface area contributed by atoms with E-state index in [4.69, 9.17) is 0 Å². The molecule has 1 aliphatic heterocycles. The number of nitrogens with one attached hydrogen (secondary N) is 1. The Morgan fingerprint density at radius 2 is 2.40 bits per heavy atom. The van der Waals surface area contributed by atoms with E-state index in [1.54, 1.807) is 0 Å². The van der Waals surface area contributed by atoms with Crippen LogP contribution in [-0.2, 0) is 16.1 Å². The summed E-state index contributed by atoms with van der Waals surface area (Å²) in [7, 11) is 0. The summed E-state index contributed by atoms with van der Waals surface area (Å²) in [4.78, 5) is 26.9. The lowest BCUT2D eigenvalue weighted by Crippen LogP contribution is -2.50. The van der Waals surface area contributed by atoms with Crippen LogP contribution < -0.4 is 5.32 Å². The lowest BCUT2D eigenvalue weighted by molar-refractivity contribution is -0.139. The highest BCUT2D eigenvalue weighted by molar-refractivity contribution is 7.13. The zero-order valence-corrected chi connectivity index (χ0v) is 11.3. The van der Waals surface area contributed by atoms with Crippen LogP contribution in [0.1, 0.15) is 0 Å². The van der Waals surface area contributed by atoms with Gasteiger partial charge in [0.15, 0.2) is 0 Å². The number of thiophene rings is 1. The van der Waals surface area contributed by atoms with Crippen molar-refractivity contribution in [1.82, 2.24) is 30.4 Å². The van der Waals surface area contributed by atoms with E-state index in [9.17, 15) is 9.59 Å². The SMILES string of the molecule is O=C1CN(C(=O)Cn2nnc(-c3cccs3)n2)CCN1. The van der Waals surface area contributed by atoms with Crippen LogP contribution in [0.4, 0.5) is 0 Å². The summed E-state index contributed by atoms with van der Waals surface area (Å²) in [5, 5.41) is 16.5. The van der Waals surface area contributed by atoms with Crippen LogP contribution in [0.15, 0.2) is 17.5 Å². The largest absolute Gasteiger partial charge is 0.353 e. The van der Waals surface area contributed by atoms with E-state index in [-0.39, 0.29) is 24.9 Å². The molecule has 0 atom stereocenters. The van der Waals surface area contributed by atoms with Crippen LogP contribution in [0, 0.1) is 0 Å². The Hall–Kier alpha value is -2.29. The van der Waals surface area contributed by atoms with Crippen molar-refractivity contribution in [3.05, 3.63) is 17.5 Å². The van der Waals surface area contributed by atoms with Gasteiger partial charge >= 0.3 is 0 Å². The Labute approximate surface area is 118 Å². The van der Waals surface area contributed by atoms with Crippen LogP contribution in [0.25, 0.3) is 10.7 Å². The summed E-state index contributed by atoms with van der Waals surface area (Å²) in [6.07, 6.45) is 0. The van der Waals surface area contributed by atoms with Crippen molar-refractivity contribution in [2.75, 3.05) is 19.6 Å². The van der Waals surface area contributed by atoms with Crippen LogP contribution in [-0.4, -0.2) is 56.6 Å². The molecule has 0 aliphatic carbocycles. The van der Waals surface area contributed by atoms with Gasteiger partial charge in [0.1, 0.15) is 6.54 Å². The highest BCUT2D eigenvalue weighted by Crippen LogP contribution is 2.19. The number of hydrogen-bond acceptors (Lipinski definition) is 6. The third-order valence-corrected chi connectivity index (χ3v) is 3.73. The zero-order chi connectivity index (χ0) is 13.9. The van der Waals surface area contributed by atoms with Gasteiger partial charge in [0.25, 0.3) is 0 Å². The summed E-state index contributed by atoms with van der Waals surface area (Å²) < 4.78 is 0. The van der Waals surface area contributed by atoms with Gasteiger partial charge in [-0.3, -0.25) is 9.59 Å². The maximum absolute atomic E-state index is 12.0. The van der Waals surface area contributed by atoms with Crippen molar-refractivity contribution in [2.45, 2.75) is 6.54 Å². The summed E-state index contributed by atoms with van der Waals surface area (Å²) >= 11 is 1.51. The molecule has 1 saturated heterocycles. The Morgan fingerprint density at radius 1 is 1.50 bits per heavy atom. The molecule has 0 bridgehead atoms. The second kappa shape index (κ2) is 5.37. The number of nitrogens with zero attached hydrogens (tertiary/aromatic N) is 5. The van der Waals surface area contributed by atoms with E-state index >= 15 is 0 Å². The summed E-state index contributed by atoms with van der Waals surface area (Å²) in [6, 6.07) is 3.79. The molecule has 0 saturated carbocycles. The molecule has 0 unspecified atom stereocenters. The molecule has 0 aromatic carbocycles. The molecular weight excluding hydrogens is 280 g/mol. The molecule has 3 heterocycles. The van der Waals surface area contributed by atoms with Crippen molar-refractivity contribution in [3.8, 4) is 10.7 Å². The molecule has 1 fully saturated rings. The molecular formula is C11H12N6O2S. The molecule has 1 aliphatic rings. The summed E-state index contributed by atoms with van der Waals surface area (Å²) in [5.74, 6) is 0.176. The fraction of sp³-hybridized carbons (Fsp3) is 0.364.